The van der Waals surface area contributed by atoms with Gasteiger partial charge in [0.2, 0.25) is 0 Å². The highest BCUT2D eigenvalue weighted by Crippen LogP contribution is 2.21. The van der Waals surface area contributed by atoms with E-state index in [4.69, 9.17) is 0 Å². The molecule has 5 nitrogen and oxygen atoms in total. The maximum Gasteiger partial charge on any atom is 0.255 e. The summed E-state index contributed by atoms with van der Waals surface area (Å²) in [6.07, 6.45) is 1.88. The fourth-order valence-corrected chi connectivity index (χ4v) is 2.22. The molecule has 2 N–H and O–H groups in total. The summed E-state index contributed by atoms with van der Waals surface area (Å²) >= 11 is 1.43. The van der Waals surface area contributed by atoms with Crippen LogP contribution in [0, 0.1) is 19.3 Å². The third-order valence-electron chi connectivity index (χ3n) is 2.74. The Labute approximate surface area is 118 Å². The minimum atomic E-state index is -0.339. The highest BCUT2D eigenvalue weighted by atomic mass is 32.2. The van der Waals surface area contributed by atoms with E-state index in [2.05, 4.69) is 15.3 Å². The first-order chi connectivity index (χ1) is 8.80. The van der Waals surface area contributed by atoms with E-state index < -0.39 is 0 Å². The van der Waals surface area contributed by atoms with Gasteiger partial charge >= 0.3 is 0 Å². The molecule has 0 saturated heterocycles. The zero-order valence-corrected chi connectivity index (χ0v) is 12.9. The summed E-state index contributed by atoms with van der Waals surface area (Å²) in [5.41, 5.74) is 0.859. The van der Waals surface area contributed by atoms with Crippen LogP contribution in [0.4, 0.5) is 0 Å². The van der Waals surface area contributed by atoms with Crippen molar-refractivity contribution < 1.29 is 9.90 Å². The number of nitrogens with one attached hydrogen (secondary N) is 1. The molecule has 0 radical (unpaired) electrons. The Bertz CT molecular complexity index is 475. The number of carbonyl (C=O) groups excluding carboxylic acids is 1. The lowest BCUT2D eigenvalue weighted by Gasteiger charge is -2.22. The molecule has 0 spiro atoms. The van der Waals surface area contributed by atoms with Gasteiger partial charge in [0.05, 0.1) is 11.3 Å². The predicted molar refractivity (Wildman–Crippen MR) is 76.5 cm³/mol. The minimum absolute atomic E-state index is 0.0199. The number of aromatic nitrogens is 2. The number of hydrogen-bond acceptors (Lipinski definition) is 5. The SMILES string of the molecule is CSc1nc(C)nc(C)c1C(=O)NCC(C)(C)CO. The zero-order valence-electron chi connectivity index (χ0n) is 12.1. The van der Waals surface area contributed by atoms with E-state index in [1.165, 1.54) is 11.8 Å². The number of aliphatic hydroxyl groups excluding tert-OH is 1. The molecule has 0 aromatic carbocycles. The molecule has 0 aliphatic heterocycles. The molecule has 0 atom stereocenters. The molecule has 1 rings (SSSR count). The van der Waals surface area contributed by atoms with Crippen molar-refractivity contribution in [1.82, 2.24) is 15.3 Å². The number of thioether (sulfide) groups is 1. The first-order valence-corrected chi connectivity index (χ1v) is 7.31. The Balaban J connectivity index is 2.94. The molecule has 6 heteroatoms. The van der Waals surface area contributed by atoms with E-state index in [-0.39, 0.29) is 17.9 Å². The fourth-order valence-electron chi connectivity index (χ4n) is 1.55. The normalized spacial score (nSPS) is 11.5. The van der Waals surface area contributed by atoms with Crippen molar-refractivity contribution in [3.63, 3.8) is 0 Å². The molecule has 106 valence electrons. The summed E-state index contributed by atoms with van der Waals surface area (Å²) in [5.74, 6) is 0.470. The molecule has 0 fully saturated rings. The first kappa shape index (κ1) is 15.9. The van der Waals surface area contributed by atoms with Gasteiger partial charge in [-0.25, -0.2) is 9.97 Å². The maximum atomic E-state index is 12.2. The van der Waals surface area contributed by atoms with Crippen LogP contribution in [0.1, 0.15) is 35.7 Å². The highest BCUT2D eigenvalue weighted by molar-refractivity contribution is 7.98. The van der Waals surface area contributed by atoms with Gasteiger partial charge in [0.15, 0.2) is 0 Å². The van der Waals surface area contributed by atoms with E-state index in [0.717, 1.165) is 0 Å². The van der Waals surface area contributed by atoms with Gasteiger partial charge in [-0.15, -0.1) is 11.8 Å². The van der Waals surface area contributed by atoms with Crippen LogP contribution in [-0.4, -0.2) is 40.4 Å². The lowest BCUT2D eigenvalue weighted by molar-refractivity contribution is 0.0906. The number of hydrogen-bond donors (Lipinski definition) is 2. The standard InChI is InChI=1S/C13H21N3O2S/c1-8-10(12(19-5)16-9(2)15-8)11(18)14-6-13(3,4)7-17/h17H,6-7H2,1-5H3,(H,14,18). The van der Waals surface area contributed by atoms with Crippen molar-refractivity contribution in [3.05, 3.63) is 17.1 Å². The van der Waals surface area contributed by atoms with Crippen LogP contribution in [0.15, 0.2) is 5.03 Å². The van der Waals surface area contributed by atoms with Gasteiger partial charge in [-0.3, -0.25) is 4.79 Å². The second kappa shape index (κ2) is 6.34. The molecule has 1 amide bonds. The minimum Gasteiger partial charge on any atom is -0.396 e. The van der Waals surface area contributed by atoms with Crippen molar-refractivity contribution >= 4 is 17.7 Å². The number of aliphatic hydroxyl groups is 1. The third kappa shape index (κ3) is 4.18. The lowest BCUT2D eigenvalue weighted by Crippen LogP contribution is -2.36. The van der Waals surface area contributed by atoms with Gasteiger partial charge in [0.1, 0.15) is 10.9 Å². The van der Waals surface area contributed by atoms with Crippen LogP contribution in [0.5, 0.6) is 0 Å². The molecule has 0 aliphatic rings. The van der Waals surface area contributed by atoms with Gasteiger partial charge < -0.3 is 10.4 Å². The number of amides is 1. The Kier molecular flexibility index (Phi) is 5.31. The number of carbonyl (C=O) groups is 1. The predicted octanol–water partition coefficient (Wildman–Crippen LogP) is 1.56. The molecule has 19 heavy (non-hydrogen) atoms. The van der Waals surface area contributed by atoms with Crippen molar-refractivity contribution in [1.29, 1.82) is 0 Å². The van der Waals surface area contributed by atoms with Crippen LogP contribution < -0.4 is 5.32 Å². The molecule has 0 unspecified atom stereocenters. The van der Waals surface area contributed by atoms with Crippen LogP contribution in [0.3, 0.4) is 0 Å². The number of nitrogens with zero attached hydrogens (tertiary/aromatic N) is 2. The Morgan fingerprint density at radius 3 is 2.53 bits per heavy atom. The van der Waals surface area contributed by atoms with Gasteiger partial charge in [-0.1, -0.05) is 13.8 Å². The fraction of sp³-hybridized carbons (Fsp3) is 0.615. The topological polar surface area (TPSA) is 75.1 Å². The average molecular weight is 283 g/mol. The Hall–Kier alpha value is -1.14. The van der Waals surface area contributed by atoms with E-state index in [1.807, 2.05) is 27.0 Å². The largest absolute Gasteiger partial charge is 0.396 e. The molecule has 1 heterocycles. The van der Waals surface area contributed by atoms with Gasteiger partial charge in [0.25, 0.3) is 5.91 Å². The second-order valence-corrected chi connectivity index (χ2v) is 6.04. The van der Waals surface area contributed by atoms with Crippen molar-refractivity contribution in [2.45, 2.75) is 32.7 Å². The second-order valence-electron chi connectivity index (χ2n) is 5.25. The molecule has 0 saturated carbocycles. The monoisotopic (exact) mass is 283 g/mol. The molecule has 0 aliphatic carbocycles. The molecule has 1 aromatic rings. The Morgan fingerprint density at radius 1 is 1.37 bits per heavy atom. The Morgan fingerprint density at radius 2 is 2.00 bits per heavy atom. The van der Waals surface area contributed by atoms with E-state index >= 15 is 0 Å². The number of aryl methyl sites for hydroxylation is 2. The van der Waals surface area contributed by atoms with Crippen molar-refractivity contribution in [2.75, 3.05) is 19.4 Å². The van der Waals surface area contributed by atoms with Crippen molar-refractivity contribution in [3.8, 4) is 0 Å². The summed E-state index contributed by atoms with van der Waals surface area (Å²) in [4.78, 5) is 20.7. The van der Waals surface area contributed by atoms with Crippen LogP contribution in [0.2, 0.25) is 0 Å². The molecular formula is C13H21N3O2S. The van der Waals surface area contributed by atoms with Gasteiger partial charge in [-0.05, 0) is 20.1 Å². The van der Waals surface area contributed by atoms with E-state index in [0.29, 0.717) is 28.7 Å². The molecular weight excluding hydrogens is 262 g/mol. The zero-order chi connectivity index (χ0) is 14.6. The molecule has 1 aromatic heterocycles. The summed E-state index contributed by atoms with van der Waals surface area (Å²) in [7, 11) is 0. The van der Waals surface area contributed by atoms with Gasteiger partial charge in [-0.2, -0.15) is 0 Å². The summed E-state index contributed by atoms with van der Waals surface area (Å²) in [6.45, 7) is 7.82. The average Bonchev–Trinajstić information content (AvgIpc) is 2.35. The van der Waals surface area contributed by atoms with Crippen molar-refractivity contribution in [2.24, 2.45) is 5.41 Å². The highest BCUT2D eigenvalue weighted by Gasteiger charge is 2.21. The molecule has 0 bridgehead atoms. The summed E-state index contributed by atoms with van der Waals surface area (Å²) < 4.78 is 0. The smallest absolute Gasteiger partial charge is 0.255 e. The van der Waals surface area contributed by atoms with Crippen LogP contribution in [-0.2, 0) is 0 Å². The van der Waals surface area contributed by atoms with E-state index in [9.17, 15) is 9.90 Å². The van der Waals surface area contributed by atoms with Crippen LogP contribution >= 0.6 is 11.8 Å². The summed E-state index contributed by atoms with van der Waals surface area (Å²) in [6, 6.07) is 0. The first-order valence-electron chi connectivity index (χ1n) is 6.09. The number of rotatable bonds is 5. The van der Waals surface area contributed by atoms with Gasteiger partial charge in [0, 0.05) is 18.6 Å². The lowest BCUT2D eigenvalue weighted by atomic mass is 9.95. The summed E-state index contributed by atoms with van der Waals surface area (Å²) in [5, 5.41) is 12.7. The third-order valence-corrected chi connectivity index (χ3v) is 3.43. The van der Waals surface area contributed by atoms with Crippen LogP contribution in [0.25, 0.3) is 0 Å². The van der Waals surface area contributed by atoms with E-state index in [1.54, 1.807) is 6.92 Å². The quantitative estimate of drug-likeness (QED) is 0.633. The maximum absolute atomic E-state index is 12.2.